The van der Waals surface area contributed by atoms with Crippen LogP contribution in [0, 0.1) is 0 Å². The van der Waals surface area contributed by atoms with Crippen LogP contribution in [0.2, 0.25) is 0 Å². The number of ether oxygens (including phenoxy) is 2. The molecule has 0 heterocycles. The molecule has 0 saturated carbocycles. The lowest BCUT2D eigenvalue weighted by Gasteiger charge is -2.12. The maximum absolute atomic E-state index is 12.3. The van der Waals surface area contributed by atoms with Gasteiger partial charge in [-0.15, -0.1) is 0 Å². The lowest BCUT2D eigenvalue weighted by Crippen LogP contribution is -2.14. The van der Waals surface area contributed by atoms with Crippen molar-refractivity contribution >= 4 is 11.6 Å². The summed E-state index contributed by atoms with van der Waals surface area (Å²) in [5, 5.41) is 2.94. The standard InChI is InChI=1S/C24H25NO3/c1-3-27-21-13-15-23(16-14-21)28-22-11-9-20(10-12-22)25-24(26)17-18(2)19-7-5-4-6-8-19/h4-16,18H,3,17H2,1-2H3,(H,25,26)/t18-/m1/s1. The Kier molecular flexibility index (Phi) is 6.68. The van der Waals surface area contributed by atoms with E-state index in [0.717, 1.165) is 22.7 Å². The van der Waals surface area contributed by atoms with Crippen molar-refractivity contribution in [2.75, 3.05) is 11.9 Å². The molecule has 0 aliphatic heterocycles. The van der Waals surface area contributed by atoms with Crippen LogP contribution in [0.15, 0.2) is 78.9 Å². The summed E-state index contributed by atoms with van der Waals surface area (Å²) < 4.78 is 11.2. The third-order valence-electron chi connectivity index (χ3n) is 4.37. The van der Waals surface area contributed by atoms with E-state index in [1.165, 1.54) is 0 Å². The Hall–Kier alpha value is -3.27. The molecule has 1 atom stereocenters. The molecular weight excluding hydrogens is 350 g/mol. The summed E-state index contributed by atoms with van der Waals surface area (Å²) in [6, 6.07) is 24.9. The third kappa shape index (κ3) is 5.61. The maximum atomic E-state index is 12.3. The van der Waals surface area contributed by atoms with Crippen LogP contribution in [0.1, 0.15) is 31.7 Å². The van der Waals surface area contributed by atoms with Crippen molar-refractivity contribution in [3.05, 3.63) is 84.4 Å². The Morgan fingerprint density at radius 2 is 1.43 bits per heavy atom. The number of anilines is 1. The highest BCUT2D eigenvalue weighted by atomic mass is 16.5. The molecule has 3 aromatic rings. The molecule has 0 unspecified atom stereocenters. The van der Waals surface area contributed by atoms with Crippen LogP contribution in [0.3, 0.4) is 0 Å². The molecule has 0 fully saturated rings. The Balaban J connectivity index is 1.53. The third-order valence-corrected chi connectivity index (χ3v) is 4.37. The van der Waals surface area contributed by atoms with Crippen molar-refractivity contribution in [1.82, 2.24) is 0 Å². The fraction of sp³-hybridized carbons (Fsp3) is 0.208. The summed E-state index contributed by atoms with van der Waals surface area (Å²) in [6.07, 6.45) is 0.439. The van der Waals surface area contributed by atoms with Gasteiger partial charge in [0.25, 0.3) is 0 Å². The van der Waals surface area contributed by atoms with Crippen molar-refractivity contribution in [3.8, 4) is 17.2 Å². The molecule has 1 amide bonds. The van der Waals surface area contributed by atoms with Gasteiger partial charge in [0, 0.05) is 12.1 Å². The fourth-order valence-electron chi connectivity index (χ4n) is 2.90. The molecule has 0 aromatic heterocycles. The van der Waals surface area contributed by atoms with Crippen molar-refractivity contribution in [2.45, 2.75) is 26.2 Å². The van der Waals surface area contributed by atoms with E-state index in [0.29, 0.717) is 18.8 Å². The van der Waals surface area contributed by atoms with E-state index in [1.807, 2.05) is 85.8 Å². The molecule has 144 valence electrons. The normalized spacial score (nSPS) is 11.5. The average molecular weight is 375 g/mol. The molecule has 3 rings (SSSR count). The molecule has 0 aliphatic carbocycles. The topological polar surface area (TPSA) is 47.6 Å². The van der Waals surface area contributed by atoms with Gasteiger partial charge in [0.05, 0.1) is 6.61 Å². The quantitative estimate of drug-likeness (QED) is 0.524. The van der Waals surface area contributed by atoms with E-state index >= 15 is 0 Å². The van der Waals surface area contributed by atoms with E-state index in [9.17, 15) is 4.79 Å². The second kappa shape index (κ2) is 9.60. The second-order valence-corrected chi connectivity index (χ2v) is 6.59. The number of rotatable bonds is 8. The first-order valence-electron chi connectivity index (χ1n) is 9.49. The smallest absolute Gasteiger partial charge is 0.224 e. The predicted octanol–water partition coefficient (Wildman–Crippen LogP) is 6.01. The highest BCUT2D eigenvalue weighted by molar-refractivity contribution is 5.91. The summed E-state index contributed by atoms with van der Waals surface area (Å²) >= 11 is 0. The van der Waals surface area contributed by atoms with Gasteiger partial charge in [0.15, 0.2) is 0 Å². The van der Waals surface area contributed by atoms with Gasteiger partial charge in [0.2, 0.25) is 5.91 Å². The Labute approximate surface area is 166 Å². The van der Waals surface area contributed by atoms with E-state index in [-0.39, 0.29) is 11.8 Å². The van der Waals surface area contributed by atoms with E-state index in [4.69, 9.17) is 9.47 Å². The molecule has 4 nitrogen and oxygen atoms in total. The van der Waals surface area contributed by atoms with Crippen LogP contribution >= 0.6 is 0 Å². The summed E-state index contributed by atoms with van der Waals surface area (Å²) in [4.78, 5) is 12.3. The van der Waals surface area contributed by atoms with Gasteiger partial charge in [-0.05, 0) is 66.9 Å². The molecule has 0 aliphatic rings. The van der Waals surface area contributed by atoms with Gasteiger partial charge in [-0.1, -0.05) is 37.3 Å². The first kappa shape index (κ1) is 19.5. The molecule has 0 bridgehead atoms. The zero-order chi connectivity index (χ0) is 19.8. The highest BCUT2D eigenvalue weighted by Gasteiger charge is 2.11. The molecule has 0 saturated heterocycles. The minimum absolute atomic E-state index is 0.00321. The predicted molar refractivity (Wildman–Crippen MR) is 112 cm³/mol. The largest absolute Gasteiger partial charge is 0.494 e. The molecular formula is C24H25NO3. The number of benzene rings is 3. The average Bonchev–Trinajstić information content (AvgIpc) is 2.72. The van der Waals surface area contributed by atoms with E-state index in [2.05, 4.69) is 12.2 Å². The summed E-state index contributed by atoms with van der Waals surface area (Å²) in [6.45, 7) is 4.65. The Morgan fingerprint density at radius 3 is 2.04 bits per heavy atom. The van der Waals surface area contributed by atoms with Crippen LogP contribution in [0.25, 0.3) is 0 Å². The van der Waals surface area contributed by atoms with E-state index in [1.54, 1.807) is 0 Å². The first-order valence-corrected chi connectivity index (χ1v) is 9.49. The van der Waals surface area contributed by atoms with Crippen LogP contribution in [-0.4, -0.2) is 12.5 Å². The number of hydrogen-bond donors (Lipinski definition) is 1. The van der Waals surface area contributed by atoms with Crippen LogP contribution < -0.4 is 14.8 Å². The number of nitrogens with one attached hydrogen (secondary N) is 1. The summed E-state index contributed by atoms with van der Waals surface area (Å²) in [5.74, 6) is 2.43. The molecule has 28 heavy (non-hydrogen) atoms. The molecule has 3 aromatic carbocycles. The number of hydrogen-bond acceptors (Lipinski definition) is 3. The van der Waals surface area contributed by atoms with Crippen molar-refractivity contribution in [2.24, 2.45) is 0 Å². The Morgan fingerprint density at radius 1 is 0.857 bits per heavy atom. The van der Waals surface area contributed by atoms with Crippen LogP contribution in [0.5, 0.6) is 17.2 Å². The number of carbonyl (C=O) groups excluding carboxylic acids is 1. The fourth-order valence-corrected chi connectivity index (χ4v) is 2.90. The van der Waals surface area contributed by atoms with Crippen LogP contribution in [-0.2, 0) is 4.79 Å². The maximum Gasteiger partial charge on any atom is 0.224 e. The monoisotopic (exact) mass is 375 g/mol. The minimum Gasteiger partial charge on any atom is -0.494 e. The number of amides is 1. The zero-order valence-electron chi connectivity index (χ0n) is 16.2. The van der Waals surface area contributed by atoms with Gasteiger partial charge >= 0.3 is 0 Å². The first-order chi connectivity index (χ1) is 13.6. The SMILES string of the molecule is CCOc1ccc(Oc2ccc(NC(=O)C[C@@H](C)c3ccccc3)cc2)cc1. The van der Waals surface area contributed by atoms with Gasteiger partial charge in [-0.25, -0.2) is 0 Å². The van der Waals surface area contributed by atoms with Crippen LogP contribution in [0.4, 0.5) is 5.69 Å². The summed E-state index contributed by atoms with van der Waals surface area (Å²) in [5.41, 5.74) is 1.92. The van der Waals surface area contributed by atoms with Crippen molar-refractivity contribution in [3.63, 3.8) is 0 Å². The van der Waals surface area contributed by atoms with Crippen molar-refractivity contribution < 1.29 is 14.3 Å². The lowest BCUT2D eigenvalue weighted by molar-refractivity contribution is -0.116. The molecule has 4 heteroatoms. The van der Waals surface area contributed by atoms with Crippen molar-refractivity contribution in [1.29, 1.82) is 0 Å². The van der Waals surface area contributed by atoms with Gasteiger partial charge in [-0.2, -0.15) is 0 Å². The second-order valence-electron chi connectivity index (χ2n) is 6.59. The number of carbonyl (C=O) groups is 1. The van der Waals surface area contributed by atoms with E-state index < -0.39 is 0 Å². The molecule has 0 spiro atoms. The van der Waals surface area contributed by atoms with Gasteiger partial charge < -0.3 is 14.8 Å². The molecule has 0 radical (unpaired) electrons. The Bertz CT molecular complexity index is 874. The lowest BCUT2D eigenvalue weighted by atomic mass is 9.97. The molecule has 1 N–H and O–H groups in total. The highest BCUT2D eigenvalue weighted by Crippen LogP contribution is 2.25. The van der Waals surface area contributed by atoms with Gasteiger partial charge in [-0.3, -0.25) is 4.79 Å². The zero-order valence-corrected chi connectivity index (χ0v) is 16.2. The minimum atomic E-state index is -0.00321. The van der Waals surface area contributed by atoms with Gasteiger partial charge in [0.1, 0.15) is 17.2 Å². The summed E-state index contributed by atoms with van der Waals surface area (Å²) in [7, 11) is 0.